The van der Waals surface area contributed by atoms with Gasteiger partial charge in [-0.05, 0) is 39.3 Å². The Bertz CT molecular complexity index is 442. The van der Waals surface area contributed by atoms with Crippen LogP contribution in [0.2, 0.25) is 0 Å². The predicted molar refractivity (Wildman–Crippen MR) is 76.9 cm³/mol. The van der Waals surface area contributed by atoms with Crippen LogP contribution in [-0.4, -0.2) is 36.4 Å². The lowest BCUT2D eigenvalue weighted by molar-refractivity contribution is 0.0917. The monoisotopic (exact) mass is 261 g/mol. The topological polar surface area (TPSA) is 29.5 Å². The number of aldehydes is 1. The van der Waals surface area contributed by atoms with Crippen molar-refractivity contribution in [2.75, 3.05) is 13.2 Å². The number of rotatable bonds is 5. The number of carbonyl (C=O) groups excluding carboxylic acids is 1. The molecule has 0 bridgehead atoms. The molecule has 2 rings (SSSR count). The number of ether oxygens (including phenoxy) is 1. The van der Waals surface area contributed by atoms with Crippen LogP contribution in [0.4, 0.5) is 0 Å². The van der Waals surface area contributed by atoms with Gasteiger partial charge in [0.15, 0.2) is 0 Å². The highest BCUT2D eigenvalue weighted by Gasteiger charge is 2.27. The maximum absolute atomic E-state index is 11.1. The van der Waals surface area contributed by atoms with Gasteiger partial charge in [-0.25, -0.2) is 0 Å². The van der Waals surface area contributed by atoms with Crippen molar-refractivity contribution >= 4 is 6.29 Å². The second-order valence-electron chi connectivity index (χ2n) is 5.44. The van der Waals surface area contributed by atoms with Crippen LogP contribution in [-0.2, 0) is 6.42 Å². The lowest BCUT2D eigenvalue weighted by Crippen LogP contribution is -2.47. The molecular formula is C16H23NO2. The van der Waals surface area contributed by atoms with E-state index in [4.69, 9.17) is 4.74 Å². The van der Waals surface area contributed by atoms with Crippen LogP contribution in [0.25, 0.3) is 0 Å². The minimum absolute atomic E-state index is 0.369. The summed E-state index contributed by atoms with van der Waals surface area (Å²) in [6.45, 7) is 8.43. The predicted octanol–water partition coefficient (Wildman–Crippen LogP) is 2.92. The summed E-state index contributed by atoms with van der Waals surface area (Å²) in [5.74, 6) is 0.876. The first-order valence-electron chi connectivity index (χ1n) is 7.13. The molecule has 0 N–H and O–H groups in total. The lowest BCUT2D eigenvalue weighted by Gasteiger charge is -2.37. The minimum Gasteiger partial charge on any atom is -0.492 e. The summed E-state index contributed by atoms with van der Waals surface area (Å²) in [6, 6.07) is 6.58. The average Bonchev–Trinajstić information content (AvgIpc) is 2.43. The van der Waals surface area contributed by atoms with Crippen LogP contribution in [0.3, 0.4) is 0 Å². The van der Waals surface area contributed by atoms with E-state index in [1.54, 1.807) is 0 Å². The Balaban J connectivity index is 2.22. The third-order valence-electron chi connectivity index (χ3n) is 3.78. The van der Waals surface area contributed by atoms with Gasteiger partial charge in [-0.1, -0.05) is 19.1 Å². The molecule has 0 amide bonds. The molecule has 0 aromatic heterocycles. The van der Waals surface area contributed by atoms with Crippen molar-refractivity contribution < 1.29 is 9.53 Å². The van der Waals surface area contributed by atoms with Crippen LogP contribution in [0.15, 0.2) is 18.2 Å². The maximum Gasteiger partial charge on any atom is 0.150 e. The Hall–Kier alpha value is -1.35. The van der Waals surface area contributed by atoms with Crippen molar-refractivity contribution in [3.05, 3.63) is 29.3 Å². The maximum atomic E-state index is 11.1. The molecule has 3 nitrogen and oxygen atoms in total. The standard InChI is InChI=1S/C16H23NO2/c1-4-8-17(12(2)3)14-9-15-13(10-18)6-5-7-16(15)19-11-14/h5-7,10,12,14H,4,8-9,11H2,1-3H3/t14-/m1/s1. The molecule has 1 aliphatic rings. The fraction of sp³-hybridized carbons (Fsp3) is 0.562. The number of hydrogen-bond acceptors (Lipinski definition) is 3. The molecule has 0 saturated heterocycles. The van der Waals surface area contributed by atoms with Gasteiger partial charge in [-0.2, -0.15) is 0 Å². The third kappa shape index (κ3) is 2.98. The van der Waals surface area contributed by atoms with Crippen molar-refractivity contribution in [1.82, 2.24) is 4.90 Å². The first-order chi connectivity index (χ1) is 9.17. The SMILES string of the molecule is CCCN(C(C)C)[C@H]1COc2cccc(C=O)c2C1. The Morgan fingerprint density at radius 2 is 2.26 bits per heavy atom. The molecule has 1 aromatic rings. The number of fused-ring (bicyclic) bond motifs is 1. The van der Waals surface area contributed by atoms with Crippen molar-refractivity contribution in [1.29, 1.82) is 0 Å². The molecule has 1 heterocycles. The van der Waals surface area contributed by atoms with Crippen LogP contribution < -0.4 is 4.74 Å². The molecule has 0 fully saturated rings. The average molecular weight is 261 g/mol. The van der Waals surface area contributed by atoms with E-state index in [0.717, 1.165) is 42.5 Å². The zero-order chi connectivity index (χ0) is 13.8. The summed E-state index contributed by atoms with van der Waals surface area (Å²) in [5, 5.41) is 0. The van der Waals surface area contributed by atoms with Crippen LogP contribution in [0, 0.1) is 0 Å². The molecule has 104 valence electrons. The molecule has 1 atom stereocenters. The Labute approximate surface area is 115 Å². The minimum atomic E-state index is 0.369. The summed E-state index contributed by atoms with van der Waals surface area (Å²) < 4.78 is 5.86. The van der Waals surface area contributed by atoms with E-state index < -0.39 is 0 Å². The van der Waals surface area contributed by atoms with Crippen molar-refractivity contribution in [3.8, 4) is 5.75 Å². The van der Waals surface area contributed by atoms with Gasteiger partial charge < -0.3 is 4.74 Å². The smallest absolute Gasteiger partial charge is 0.150 e. The molecule has 3 heteroatoms. The van der Waals surface area contributed by atoms with Gasteiger partial charge in [-0.3, -0.25) is 9.69 Å². The number of hydrogen-bond donors (Lipinski definition) is 0. The number of nitrogens with zero attached hydrogens (tertiary/aromatic N) is 1. The van der Waals surface area contributed by atoms with Crippen LogP contribution >= 0.6 is 0 Å². The Morgan fingerprint density at radius 3 is 2.89 bits per heavy atom. The summed E-state index contributed by atoms with van der Waals surface area (Å²) in [5.41, 5.74) is 1.83. The van der Waals surface area contributed by atoms with E-state index in [1.807, 2.05) is 18.2 Å². The molecule has 0 spiro atoms. The summed E-state index contributed by atoms with van der Waals surface area (Å²) >= 11 is 0. The van der Waals surface area contributed by atoms with Gasteiger partial charge in [0.05, 0.1) is 0 Å². The quantitative estimate of drug-likeness (QED) is 0.763. The highest BCUT2D eigenvalue weighted by Crippen LogP contribution is 2.29. The Morgan fingerprint density at radius 1 is 1.47 bits per heavy atom. The highest BCUT2D eigenvalue weighted by atomic mass is 16.5. The van der Waals surface area contributed by atoms with Gasteiger partial charge in [-0.15, -0.1) is 0 Å². The molecule has 0 unspecified atom stereocenters. The fourth-order valence-electron chi connectivity index (χ4n) is 2.86. The van der Waals surface area contributed by atoms with E-state index in [2.05, 4.69) is 25.7 Å². The lowest BCUT2D eigenvalue weighted by atomic mass is 9.96. The second-order valence-corrected chi connectivity index (χ2v) is 5.44. The van der Waals surface area contributed by atoms with E-state index in [9.17, 15) is 4.79 Å². The van der Waals surface area contributed by atoms with Crippen molar-refractivity contribution in [3.63, 3.8) is 0 Å². The molecule has 1 aromatic carbocycles. The molecule has 1 aliphatic heterocycles. The normalized spacial score (nSPS) is 18.3. The third-order valence-corrected chi connectivity index (χ3v) is 3.78. The summed E-state index contributed by atoms with van der Waals surface area (Å²) in [4.78, 5) is 13.6. The molecular weight excluding hydrogens is 238 g/mol. The van der Waals surface area contributed by atoms with E-state index >= 15 is 0 Å². The van der Waals surface area contributed by atoms with E-state index in [1.165, 1.54) is 0 Å². The highest BCUT2D eigenvalue weighted by molar-refractivity contribution is 5.78. The van der Waals surface area contributed by atoms with Crippen molar-refractivity contribution in [2.24, 2.45) is 0 Å². The van der Waals surface area contributed by atoms with Gasteiger partial charge in [0.2, 0.25) is 0 Å². The van der Waals surface area contributed by atoms with Gasteiger partial charge in [0.1, 0.15) is 18.6 Å². The van der Waals surface area contributed by atoms with Crippen molar-refractivity contribution in [2.45, 2.75) is 45.7 Å². The summed E-state index contributed by atoms with van der Waals surface area (Å²) in [6.07, 6.45) is 2.98. The molecule has 0 radical (unpaired) electrons. The van der Waals surface area contributed by atoms with Gasteiger partial charge in [0.25, 0.3) is 0 Å². The van der Waals surface area contributed by atoms with Gasteiger partial charge in [0, 0.05) is 23.2 Å². The van der Waals surface area contributed by atoms with E-state index in [0.29, 0.717) is 18.7 Å². The zero-order valence-corrected chi connectivity index (χ0v) is 12.1. The summed E-state index contributed by atoms with van der Waals surface area (Å²) in [7, 11) is 0. The molecule has 19 heavy (non-hydrogen) atoms. The molecule has 0 saturated carbocycles. The van der Waals surface area contributed by atoms with E-state index in [-0.39, 0.29) is 0 Å². The Kier molecular flexibility index (Phi) is 4.59. The van der Waals surface area contributed by atoms with Crippen LogP contribution in [0.5, 0.6) is 5.75 Å². The van der Waals surface area contributed by atoms with Crippen LogP contribution in [0.1, 0.15) is 43.1 Å². The zero-order valence-electron chi connectivity index (χ0n) is 12.1. The first-order valence-corrected chi connectivity index (χ1v) is 7.13. The number of carbonyl (C=O) groups is 1. The first kappa shape index (κ1) is 14.1. The largest absolute Gasteiger partial charge is 0.492 e. The number of benzene rings is 1. The second kappa shape index (κ2) is 6.20. The fourth-order valence-corrected chi connectivity index (χ4v) is 2.86. The van der Waals surface area contributed by atoms with Gasteiger partial charge >= 0.3 is 0 Å². The molecule has 0 aliphatic carbocycles.